The van der Waals surface area contributed by atoms with Crippen LogP contribution in [0.1, 0.15) is 6.23 Å². The zero-order valence-electron chi connectivity index (χ0n) is 9.90. The lowest BCUT2D eigenvalue weighted by atomic mass is 10.3. The number of hydrogen-bond donors (Lipinski definition) is 5. The Kier molecular flexibility index (Phi) is 3.67. The lowest BCUT2D eigenvalue weighted by molar-refractivity contribution is -0.0157. The fraction of sp³-hybridized carbons (Fsp3) is 0.333. The average Bonchev–Trinajstić information content (AvgIpc) is 2.69. The van der Waals surface area contributed by atoms with E-state index in [0.717, 1.165) is 10.6 Å². The number of nitrogens with zero attached hydrogens (tertiary/aromatic N) is 2. The smallest absolute Gasteiger partial charge is 0.361 e. The normalized spacial score (nSPS) is 24.1. The van der Waals surface area contributed by atoms with Gasteiger partial charge in [-0.2, -0.15) is 4.98 Å². The largest absolute Gasteiger partial charge is 0.468 e. The molecule has 10 nitrogen and oxygen atoms in total. The molecule has 1 aliphatic rings. The fourth-order valence-corrected chi connectivity index (χ4v) is 2.13. The maximum atomic E-state index is 11.6. The molecule has 1 aliphatic heterocycles. The van der Waals surface area contributed by atoms with Crippen LogP contribution in [0.5, 0.6) is 0 Å². The molecule has 11 heteroatoms. The molecule has 1 aromatic rings. The van der Waals surface area contributed by atoms with Gasteiger partial charge >= 0.3 is 13.3 Å². The highest BCUT2D eigenvalue weighted by Gasteiger charge is 2.39. The molecule has 0 amide bonds. The van der Waals surface area contributed by atoms with Gasteiger partial charge in [0.15, 0.2) is 0 Å². The number of anilines is 1. The van der Waals surface area contributed by atoms with Crippen LogP contribution in [0.4, 0.5) is 5.82 Å². The second-order valence-electron chi connectivity index (χ2n) is 4.07. The first-order valence-corrected chi connectivity index (χ1v) is 7.02. The summed E-state index contributed by atoms with van der Waals surface area (Å²) in [6.45, 7) is 0. The molecule has 0 bridgehead atoms. The first-order valence-electron chi connectivity index (χ1n) is 5.34. The van der Waals surface area contributed by atoms with Gasteiger partial charge in [-0.25, -0.2) is 4.79 Å². The molecule has 0 saturated heterocycles. The van der Waals surface area contributed by atoms with Gasteiger partial charge < -0.3 is 30.5 Å². The van der Waals surface area contributed by atoms with Crippen LogP contribution in [0.25, 0.3) is 0 Å². The first-order chi connectivity index (χ1) is 9.20. The Balaban J connectivity index is 2.27. The third-order valence-electron chi connectivity index (χ3n) is 2.58. The number of aromatic nitrogens is 2. The molecular weight excluding hydrogens is 293 g/mol. The van der Waals surface area contributed by atoms with E-state index in [1.54, 1.807) is 0 Å². The maximum Gasteiger partial charge on any atom is 0.361 e. The molecular formula is C9H12N3O7P. The second-order valence-corrected chi connectivity index (χ2v) is 5.74. The molecule has 0 spiro atoms. The first kappa shape index (κ1) is 14.7. The monoisotopic (exact) mass is 305 g/mol. The van der Waals surface area contributed by atoms with E-state index in [1.165, 1.54) is 12.3 Å². The Hall–Kier alpha value is -1.71. The quantitative estimate of drug-likeness (QED) is 0.400. The Labute approximate surface area is 111 Å². The topological polar surface area (TPSA) is 168 Å². The van der Waals surface area contributed by atoms with Gasteiger partial charge in [0.25, 0.3) is 0 Å². The highest BCUT2D eigenvalue weighted by molar-refractivity contribution is 7.52. The van der Waals surface area contributed by atoms with Crippen molar-refractivity contribution in [1.82, 2.24) is 9.55 Å². The molecule has 3 atom stereocenters. The molecule has 2 rings (SSSR count). The van der Waals surface area contributed by atoms with Gasteiger partial charge in [-0.3, -0.25) is 9.13 Å². The summed E-state index contributed by atoms with van der Waals surface area (Å²) in [5, 5.41) is 19.1. The molecule has 0 saturated carbocycles. The van der Waals surface area contributed by atoms with E-state index in [1.807, 2.05) is 0 Å². The Morgan fingerprint density at radius 3 is 2.70 bits per heavy atom. The molecule has 1 unspecified atom stereocenters. The van der Waals surface area contributed by atoms with E-state index < -0.39 is 37.2 Å². The number of aliphatic hydroxyl groups is 2. The van der Waals surface area contributed by atoms with Crippen LogP contribution in [0, 0.1) is 0 Å². The molecule has 1 aromatic heterocycles. The van der Waals surface area contributed by atoms with Crippen molar-refractivity contribution in [3.63, 3.8) is 0 Å². The van der Waals surface area contributed by atoms with Crippen molar-refractivity contribution >= 4 is 13.4 Å². The molecule has 0 fully saturated rings. The van der Waals surface area contributed by atoms with Crippen molar-refractivity contribution in [2.24, 2.45) is 0 Å². The van der Waals surface area contributed by atoms with Crippen LogP contribution in [-0.2, 0) is 9.30 Å². The molecule has 0 aliphatic carbocycles. The van der Waals surface area contributed by atoms with Gasteiger partial charge in [0.2, 0.25) is 12.1 Å². The highest BCUT2D eigenvalue weighted by Crippen LogP contribution is 2.46. The van der Waals surface area contributed by atoms with Crippen LogP contribution in [-0.4, -0.2) is 41.5 Å². The van der Waals surface area contributed by atoms with Crippen LogP contribution in [0.2, 0.25) is 0 Å². The highest BCUT2D eigenvalue weighted by atomic mass is 31.2. The predicted molar refractivity (Wildman–Crippen MR) is 65.2 cm³/mol. The number of nitrogens with two attached hydrogens (primary N) is 1. The van der Waals surface area contributed by atoms with Gasteiger partial charge in [0, 0.05) is 6.20 Å². The minimum Gasteiger partial charge on any atom is -0.468 e. The summed E-state index contributed by atoms with van der Waals surface area (Å²) in [7, 11) is -4.84. The summed E-state index contributed by atoms with van der Waals surface area (Å²) in [4.78, 5) is 32.7. The van der Waals surface area contributed by atoms with Crippen molar-refractivity contribution in [2.75, 3.05) is 5.73 Å². The van der Waals surface area contributed by atoms with Crippen LogP contribution in [0.15, 0.2) is 28.9 Å². The zero-order valence-corrected chi connectivity index (χ0v) is 10.8. The Morgan fingerprint density at radius 1 is 1.50 bits per heavy atom. The SMILES string of the molecule is Nc1ccn([C@@H]2OC(C(O)P(=O)(O)O)=C[C@H]2O)c(=O)n1. The third kappa shape index (κ3) is 2.74. The van der Waals surface area contributed by atoms with Gasteiger partial charge in [-0.1, -0.05) is 0 Å². The van der Waals surface area contributed by atoms with E-state index in [-0.39, 0.29) is 5.82 Å². The second kappa shape index (κ2) is 5.00. The lowest BCUT2D eigenvalue weighted by Gasteiger charge is -2.20. The van der Waals surface area contributed by atoms with Crippen molar-refractivity contribution < 1.29 is 29.3 Å². The minimum atomic E-state index is -4.84. The Bertz CT molecular complexity index is 651. The summed E-state index contributed by atoms with van der Waals surface area (Å²) in [5.41, 5.74) is 4.50. The molecule has 0 radical (unpaired) electrons. The van der Waals surface area contributed by atoms with E-state index in [2.05, 4.69) is 4.98 Å². The number of aliphatic hydroxyl groups excluding tert-OH is 2. The van der Waals surface area contributed by atoms with E-state index >= 15 is 0 Å². The lowest BCUT2D eigenvalue weighted by Crippen LogP contribution is -2.32. The summed E-state index contributed by atoms with van der Waals surface area (Å²) >= 11 is 0. The summed E-state index contributed by atoms with van der Waals surface area (Å²) in [6.07, 6.45) is -0.544. The van der Waals surface area contributed by atoms with E-state index in [9.17, 15) is 19.6 Å². The van der Waals surface area contributed by atoms with Gasteiger partial charge in [0.05, 0.1) is 0 Å². The molecule has 6 N–H and O–H groups in total. The van der Waals surface area contributed by atoms with E-state index in [0.29, 0.717) is 0 Å². The minimum absolute atomic E-state index is 0.0258. The standard InChI is InChI=1S/C9H12N3O7P/c10-6-1-2-12(9(15)11-6)7-4(13)3-5(19-7)8(14)20(16,17)18/h1-4,7-8,13-14H,(H2,10,11,15)(H2,16,17,18)/t4-,7-,8?/m1/s1. The van der Waals surface area contributed by atoms with Crippen molar-refractivity contribution in [3.05, 3.63) is 34.6 Å². The van der Waals surface area contributed by atoms with Crippen molar-refractivity contribution in [3.8, 4) is 0 Å². The Morgan fingerprint density at radius 2 is 2.15 bits per heavy atom. The van der Waals surface area contributed by atoms with Gasteiger partial charge in [-0.15, -0.1) is 0 Å². The number of rotatable bonds is 3. The third-order valence-corrected chi connectivity index (χ3v) is 3.47. The number of ether oxygens (including phenoxy) is 1. The van der Waals surface area contributed by atoms with Gasteiger partial charge in [0.1, 0.15) is 17.7 Å². The predicted octanol–water partition coefficient (Wildman–Crippen LogP) is -1.90. The summed E-state index contributed by atoms with van der Waals surface area (Å²) in [6, 6.07) is 1.29. The van der Waals surface area contributed by atoms with Crippen LogP contribution >= 0.6 is 7.60 Å². The van der Waals surface area contributed by atoms with Crippen LogP contribution in [0.3, 0.4) is 0 Å². The van der Waals surface area contributed by atoms with Crippen molar-refractivity contribution in [2.45, 2.75) is 18.2 Å². The fourth-order valence-electron chi connectivity index (χ4n) is 1.65. The molecule has 20 heavy (non-hydrogen) atoms. The molecule has 0 aromatic carbocycles. The number of hydrogen-bond acceptors (Lipinski definition) is 7. The molecule has 2 heterocycles. The van der Waals surface area contributed by atoms with Crippen LogP contribution < -0.4 is 11.4 Å². The van der Waals surface area contributed by atoms with Gasteiger partial charge in [-0.05, 0) is 12.1 Å². The summed E-state index contributed by atoms with van der Waals surface area (Å²) < 4.78 is 16.8. The van der Waals surface area contributed by atoms with E-state index in [4.69, 9.17) is 20.3 Å². The average molecular weight is 305 g/mol. The number of nitrogen functional groups attached to an aromatic ring is 1. The van der Waals surface area contributed by atoms with Crippen molar-refractivity contribution in [1.29, 1.82) is 0 Å². The summed E-state index contributed by atoms with van der Waals surface area (Å²) in [5.74, 6) is -2.75. The maximum absolute atomic E-state index is 11.6. The molecule has 110 valence electrons. The zero-order chi connectivity index (χ0) is 15.1.